The molecule has 0 saturated heterocycles. The third-order valence-corrected chi connectivity index (χ3v) is 6.05. The van der Waals surface area contributed by atoms with Gasteiger partial charge < -0.3 is 44.0 Å². The van der Waals surface area contributed by atoms with Crippen molar-refractivity contribution in [1.29, 1.82) is 0 Å². The van der Waals surface area contributed by atoms with E-state index in [0.717, 1.165) is 13.1 Å². The van der Waals surface area contributed by atoms with E-state index in [1.54, 1.807) is 12.1 Å². The number of nitrogens with one attached hydrogen (secondary N) is 2. The van der Waals surface area contributed by atoms with Gasteiger partial charge in [-0.25, -0.2) is 0 Å². The Balaban J connectivity index is 2.51. The quantitative estimate of drug-likeness (QED) is 0.326. The largest absolute Gasteiger partial charge is 0.493 e. The monoisotopic (exact) mass is 545 g/mol. The van der Waals surface area contributed by atoms with Crippen LogP contribution in [0.4, 0.5) is 0 Å². The van der Waals surface area contributed by atoms with Gasteiger partial charge in [-0.05, 0) is 37.4 Å². The molecule has 0 radical (unpaired) electrons. The fourth-order valence-corrected chi connectivity index (χ4v) is 3.89. The van der Waals surface area contributed by atoms with E-state index in [9.17, 15) is 9.59 Å². The Hall–Kier alpha value is -4.12. The molecular weight excluding hydrogens is 506 g/mol. The average Bonchev–Trinajstić information content (AvgIpc) is 2.96. The zero-order valence-electron chi connectivity index (χ0n) is 23.9. The minimum atomic E-state index is -0.509. The number of hydrogen-bond donors (Lipinski definition) is 2. The van der Waals surface area contributed by atoms with Gasteiger partial charge in [0.2, 0.25) is 17.4 Å². The van der Waals surface area contributed by atoms with Gasteiger partial charge in [-0.2, -0.15) is 0 Å². The second-order valence-corrected chi connectivity index (χ2v) is 8.16. The summed E-state index contributed by atoms with van der Waals surface area (Å²) in [6.45, 7) is 7.02. The van der Waals surface area contributed by atoms with Crippen molar-refractivity contribution < 1.29 is 38.0 Å². The highest BCUT2D eigenvalue weighted by Crippen LogP contribution is 2.40. The normalized spacial score (nSPS) is 11.1. The molecule has 2 amide bonds. The van der Waals surface area contributed by atoms with Crippen LogP contribution >= 0.6 is 0 Å². The molecule has 0 atom stereocenters. The summed E-state index contributed by atoms with van der Waals surface area (Å²) in [4.78, 5) is 28.5. The highest BCUT2D eigenvalue weighted by molar-refractivity contribution is 6.04. The van der Waals surface area contributed by atoms with Crippen LogP contribution in [0.1, 0.15) is 29.8 Å². The Labute approximate surface area is 230 Å². The van der Waals surface area contributed by atoms with Crippen LogP contribution in [-0.2, 0) is 4.79 Å². The van der Waals surface area contributed by atoms with Crippen LogP contribution in [0.5, 0.6) is 34.5 Å². The second kappa shape index (κ2) is 15.3. The van der Waals surface area contributed by atoms with E-state index >= 15 is 0 Å². The Kier molecular flexibility index (Phi) is 12.2. The fraction of sp³-hybridized carbons (Fsp3) is 0.429. The number of nitrogens with zero attached hydrogens (tertiary/aromatic N) is 1. The van der Waals surface area contributed by atoms with E-state index in [0.29, 0.717) is 53.2 Å². The Morgan fingerprint density at radius 1 is 0.718 bits per heavy atom. The van der Waals surface area contributed by atoms with E-state index < -0.39 is 5.91 Å². The maximum Gasteiger partial charge on any atom is 0.255 e. The molecule has 39 heavy (non-hydrogen) atoms. The molecule has 0 aromatic heterocycles. The van der Waals surface area contributed by atoms with Crippen molar-refractivity contribution in [3.8, 4) is 34.5 Å². The van der Waals surface area contributed by atoms with Crippen molar-refractivity contribution in [2.45, 2.75) is 13.8 Å². The molecular formula is C28H39N3O8. The standard InChI is InChI=1S/C28H39N3O8/c1-9-31(10-2)12-11-29-25(32)17-20(18-13-21(34-3)26(38-7)22(14-18)35-4)30-28(33)19-15-23(36-5)27(39-8)24(16-19)37-6/h13-17H,9-12H2,1-8H3,(H,29,32)(H,30,33)/b20-17-. The van der Waals surface area contributed by atoms with Crippen LogP contribution < -0.4 is 39.1 Å². The molecule has 0 fully saturated rings. The zero-order chi connectivity index (χ0) is 28.9. The van der Waals surface area contributed by atoms with E-state index in [-0.39, 0.29) is 17.2 Å². The molecule has 214 valence electrons. The number of methoxy groups -OCH3 is 6. The molecule has 0 saturated carbocycles. The zero-order valence-corrected chi connectivity index (χ0v) is 23.9. The molecule has 2 aromatic rings. The van der Waals surface area contributed by atoms with Crippen molar-refractivity contribution >= 4 is 17.5 Å². The SMILES string of the molecule is CCN(CC)CCNC(=O)/C=C(\NC(=O)c1cc(OC)c(OC)c(OC)c1)c1cc(OC)c(OC)c(OC)c1. The first-order valence-electron chi connectivity index (χ1n) is 12.4. The molecule has 11 nitrogen and oxygen atoms in total. The van der Waals surface area contributed by atoms with Crippen LogP contribution in [0.15, 0.2) is 30.3 Å². The van der Waals surface area contributed by atoms with Crippen molar-refractivity contribution in [3.05, 3.63) is 41.5 Å². The number of amides is 2. The maximum absolute atomic E-state index is 13.4. The molecule has 0 aliphatic heterocycles. The summed E-state index contributed by atoms with van der Waals surface area (Å²) in [7, 11) is 8.86. The Bertz CT molecular complexity index is 1110. The summed E-state index contributed by atoms with van der Waals surface area (Å²) < 4.78 is 32.5. The lowest BCUT2D eigenvalue weighted by molar-refractivity contribution is -0.116. The molecule has 0 spiro atoms. The number of likely N-dealkylation sites (N-methyl/N-ethyl adjacent to an activating group) is 1. The summed E-state index contributed by atoms with van der Waals surface area (Å²) in [5.74, 6) is 1.20. The molecule has 0 aliphatic carbocycles. The van der Waals surface area contributed by atoms with Crippen LogP contribution in [0.2, 0.25) is 0 Å². The van der Waals surface area contributed by atoms with Crippen molar-refractivity contribution in [2.24, 2.45) is 0 Å². The summed E-state index contributed by atoms with van der Waals surface area (Å²) in [6.07, 6.45) is 1.32. The summed E-state index contributed by atoms with van der Waals surface area (Å²) in [5.41, 5.74) is 0.905. The lowest BCUT2D eigenvalue weighted by Crippen LogP contribution is -2.34. The van der Waals surface area contributed by atoms with Gasteiger partial charge in [0, 0.05) is 30.3 Å². The van der Waals surface area contributed by atoms with Gasteiger partial charge in [0.1, 0.15) is 0 Å². The van der Waals surface area contributed by atoms with Gasteiger partial charge in [0.05, 0.1) is 48.4 Å². The van der Waals surface area contributed by atoms with Gasteiger partial charge in [-0.3, -0.25) is 9.59 Å². The van der Waals surface area contributed by atoms with Gasteiger partial charge in [0.15, 0.2) is 23.0 Å². The lowest BCUT2D eigenvalue weighted by atomic mass is 10.1. The van der Waals surface area contributed by atoms with E-state index in [1.165, 1.54) is 60.9 Å². The number of ether oxygens (including phenoxy) is 6. The average molecular weight is 546 g/mol. The van der Waals surface area contributed by atoms with E-state index in [2.05, 4.69) is 29.4 Å². The molecule has 2 aromatic carbocycles. The number of carbonyl (C=O) groups is 2. The summed E-state index contributed by atoms with van der Waals surface area (Å²) in [6, 6.07) is 6.33. The maximum atomic E-state index is 13.4. The minimum absolute atomic E-state index is 0.216. The molecule has 2 N–H and O–H groups in total. The molecule has 2 rings (SSSR count). The van der Waals surface area contributed by atoms with Crippen molar-refractivity contribution in [1.82, 2.24) is 15.5 Å². The first-order chi connectivity index (χ1) is 18.8. The Morgan fingerprint density at radius 2 is 1.15 bits per heavy atom. The molecule has 0 unspecified atom stereocenters. The lowest BCUT2D eigenvalue weighted by Gasteiger charge is -2.18. The topological polar surface area (TPSA) is 117 Å². The van der Waals surface area contributed by atoms with E-state index in [4.69, 9.17) is 28.4 Å². The van der Waals surface area contributed by atoms with Crippen LogP contribution in [0.25, 0.3) is 5.70 Å². The second-order valence-electron chi connectivity index (χ2n) is 8.16. The van der Waals surface area contributed by atoms with Crippen LogP contribution in [0.3, 0.4) is 0 Å². The van der Waals surface area contributed by atoms with Gasteiger partial charge in [0.25, 0.3) is 5.91 Å². The Morgan fingerprint density at radius 3 is 1.54 bits per heavy atom. The predicted molar refractivity (Wildman–Crippen MR) is 148 cm³/mol. The number of rotatable bonds is 15. The first kappa shape index (κ1) is 31.1. The summed E-state index contributed by atoms with van der Waals surface area (Å²) >= 11 is 0. The number of benzene rings is 2. The van der Waals surface area contributed by atoms with Crippen molar-refractivity contribution in [2.75, 3.05) is 68.8 Å². The third-order valence-electron chi connectivity index (χ3n) is 6.05. The van der Waals surface area contributed by atoms with Gasteiger partial charge in [-0.1, -0.05) is 13.8 Å². The molecule has 0 aliphatic rings. The summed E-state index contributed by atoms with van der Waals surface area (Å²) in [5, 5.41) is 5.70. The highest BCUT2D eigenvalue weighted by Gasteiger charge is 2.21. The minimum Gasteiger partial charge on any atom is -0.493 e. The van der Waals surface area contributed by atoms with Gasteiger partial charge >= 0.3 is 0 Å². The smallest absolute Gasteiger partial charge is 0.255 e. The van der Waals surface area contributed by atoms with E-state index in [1.807, 2.05) is 0 Å². The third kappa shape index (κ3) is 7.93. The fourth-order valence-electron chi connectivity index (χ4n) is 3.89. The predicted octanol–water partition coefficient (Wildman–Crippen LogP) is 2.97. The number of hydrogen-bond acceptors (Lipinski definition) is 9. The van der Waals surface area contributed by atoms with Crippen molar-refractivity contribution in [3.63, 3.8) is 0 Å². The molecule has 0 bridgehead atoms. The highest BCUT2D eigenvalue weighted by atomic mass is 16.5. The van der Waals surface area contributed by atoms with Crippen LogP contribution in [0, 0.1) is 0 Å². The molecule has 11 heteroatoms. The van der Waals surface area contributed by atoms with Gasteiger partial charge in [-0.15, -0.1) is 0 Å². The number of carbonyl (C=O) groups excluding carboxylic acids is 2. The molecule has 0 heterocycles. The first-order valence-corrected chi connectivity index (χ1v) is 12.4. The van der Waals surface area contributed by atoms with Crippen LogP contribution in [-0.4, -0.2) is 85.6 Å².